The number of aliphatic hydroxyl groups is 5. The lowest BCUT2D eigenvalue weighted by Crippen LogP contribution is -2.67. The van der Waals surface area contributed by atoms with Crippen LogP contribution in [0, 0.1) is 0 Å². The van der Waals surface area contributed by atoms with E-state index in [4.69, 9.17) is 9.84 Å². The van der Waals surface area contributed by atoms with Crippen molar-refractivity contribution in [3.63, 3.8) is 0 Å². The van der Waals surface area contributed by atoms with Gasteiger partial charge in [0.05, 0.1) is 25.9 Å². The van der Waals surface area contributed by atoms with Crippen LogP contribution in [-0.4, -0.2) is 87.4 Å². The topological polar surface area (TPSA) is 166 Å². The van der Waals surface area contributed by atoms with Crippen LogP contribution in [0.2, 0.25) is 0 Å². The summed E-state index contributed by atoms with van der Waals surface area (Å²) in [6.45, 7) is 0.320. The first-order valence-corrected chi connectivity index (χ1v) is 6.57. The molecule has 1 fully saturated rings. The number of carbonyl (C=O) groups excluding carboxylic acids is 2. The highest BCUT2D eigenvalue weighted by atomic mass is 16.7. The molecule has 0 aromatic heterocycles. The van der Waals surface area contributed by atoms with Gasteiger partial charge in [-0.3, -0.25) is 4.79 Å². The van der Waals surface area contributed by atoms with E-state index < -0.39 is 61.1 Å². The molecule has 0 aromatic carbocycles. The molecule has 10 nitrogen and oxygen atoms in total. The van der Waals surface area contributed by atoms with E-state index in [0.29, 0.717) is 0 Å². The molecule has 1 aliphatic rings. The smallest absolute Gasteiger partial charge is 0.366 e. The van der Waals surface area contributed by atoms with Crippen LogP contribution in [0.25, 0.3) is 0 Å². The molecule has 1 amide bonds. The van der Waals surface area contributed by atoms with Gasteiger partial charge in [-0.15, -0.1) is 0 Å². The SMILES string of the molecule is COC(=O)C1(O)C[C@@H](O)C(NC(C)=O)[C@H]([C@@H](O)[C@H](O)CO)O1. The third-order valence-corrected chi connectivity index (χ3v) is 3.38. The Kier molecular flexibility index (Phi) is 6.23. The molecule has 0 spiro atoms. The fourth-order valence-electron chi connectivity index (χ4n) is 2.29. The largest absolute Gasteiger partial charge is 0.465 e. The van der Waals surface area contributed by atoms with Crippen LogP contribution >= 0.6 is 0 Å². The Balaban J connectivity index is 3.09. The average Bonchev–Trinajstić information content (AvgIpc) is 2.46. The molecule has 22 heavy (non-hydrogen) atoms. The zero-order chi connectivity index (χ0) is 17.1. The number of hydrogen-bond acceptors (Lipinski definition) is 9. The normalized spacial score (nSPS) is 34.6. The number of aliphatic hydroxyl groups excluding tert-OH is 4. The number of nitrogens with one attached hydrogen (secondary N) is 1. The monoisotopic (exact) mass is 323 g/mol. The van der Waals surface area contributed by atoms with Crippen molar-refractivity contribution in [2.45, 2.75) is 49.6 Å². The summed E-state index contributed by atoms with van der Waals surface area (Å²) in [4.78, 5) is 22.8. The van der Waals surface area contributed by atoms with Crippen LogP contribution in [-0.2, 0) is 19.1 Å². The second-order valence-corrected chi connectivity index (χ2v) is 5.10. The summed E-state index contributed by atoms with van der Waals surface area (Å²) in [6.07, 6.45) is -7.09. The van der Waals surface area contributed by atoms with Crippen LogP contribution < -0.4 is 5.32 Å². The van der Waals surface area contributed by atoms with E-state index in [0.717, 1.165) is 14.0 Å². The number of esters is 1. The van der Waals surface area contributed by atoms with Crippen molar-refractivity contribution in [3.8, 4) is 0 Å². The Morgan fingerprint density at radius 2 is 2.05 bits per heavy atom. The molecule has 1 aliphatic heterocycles. The lowest BCUT2D eigenvalue weighted by Gasteiger charge is -2.45. The van der Waals surface area contributed by atoms with Crippen LogP contribution in [0.5, 0.6) is 0 Å². The van der Waals surface area contributed by atoms with Crippen LogP contribution in [0.15, 0.2) is 0 Å². The summed E-state index contributed by atoms with van der Waals surface area (Å²) in [5, 5.41) is 50.8. The Morgan fingerprint density at radius 1 is 1.45 bits per heavy atom. The Labute approximate surface area is 126 Å². The number of amides is 1. The van der Waals surface area contributed by atoms with E-state index in [9.17, 15) is 30.0 Å². The second kappa shape index (κ2) is 7.31. The summed E-state index contributed by atoms with van der Waals surface area (Å²) in [5.41, 5.74) is 0. The van der Waals surface area contributed by atoms with Crippen molar-refractivity contribution in [2.75, 3.05) is 13.7 Å². The minimum absolute atomic E-state index is 0.563. The molecule has 2 unspecified atom stereocenters. The molecular weight excluding hydrogens is 302 g/mol. The van der Waals surface area contributed by atoms with E-state index in [1.54, 1.807) is 0 Å². The van der Waals surface area contributed by atoms with Gasteiger partial charge in [-0.1, -0.05) is 0 Å². The van der Waals surface area contributed by atoms with E-state index in [1.807, 2.05) is 0 Å². The van der Waals surface area contributed by atoms with Gasteiger partial charge in [0.1, 0.15) is 18.3 Å². The molecule has 0 aromatic rings. The first-order chi connectivity index (χ1) is 10.2. The Bertz CT molecular complexity index is 417. The number of rotatable bonds is 5. The van der Waals surface area contributed by atoms with Gasteiger partial charge in [-0.2, -0.15) is 0 Å². The molecule has 0 radical (unpaired) electrons. The number of methoxy groups -OCH3 is 1. The van der Waals surface area contributed by atoms with Crippen molar-refractivity contribution >= 4 is 11.9 Å². The van der Waals surface area contributed by atoms with Crippen molar-refractivity contribution < 1.29 is 44.6 Å². The molecule has 6 N–H and O–H groups in total. The standard InChI is InChI=1S/C12H21NO9/c1-5(15)13-8-6(16)3-12(20,11(19)21-2)22-10(8)9(18)7(17)4-14/h6-10,14,16-18,20H,3-4H2,1-2H3,(H,13,15)/t6-,7-,8?,9+,10-,12?/m1/s1. The minimum atomic E-state index is -2.55. The molecule has 1 heterocycles. The minimum Gasteiger partial charge on any atom is -0.465 e. The maximum Gasteiger partial charge on any atom is 0.366 e. The molecule has 6 atom stereocenters. The van der Waals surface area contributed by atoms with Gasteiger partial charge in [0.15, 0.2) is 0 Å². The summed E-state index contributed by atoms with van der Waals surface area (Å²) >= 11 is 0. The van der Waals surface area contributed by atoms with Gasteiger partial charge in [0, 0.05) is 13.3 Å². The molecule has 0 saturated carbocycles. The Hall–Kier alpha value is -1.30. The van der Waals surface area contributed by atoms with Crippen molar-refractivity contribution in [3.05, 3.63) is 0 Å². The number of carbonyl (C=O) groups is 2. The van der Waals surface area contributed by atoms with Crippen molar-refractivity contribution in [2.24, 2.45) is 0 Å². The average molecular weight is 323 g/mol. The highest BCUT2D eigenvalue weighted by molar-refractivity contribution is 5.78. The summed E-state index contributed by atoms with van der Waals surface area (Å²) < 4.78 is 9.45. The van der Waals surface area contributed by atoms with Gasteiger partial charge in [0.2, 0.25) is 5.91 Å². The van der Waals surface area contributed by atoms with E-state index >= 15 is 0 Å². The predicted octanol–water partition coefficient (Wildman–Crippen LogP) is -3.78. The highest BCUT2D eigenvalue weighted by Crippen LogP contribution is 2.31. The van der Waals surface area contributed by atoms with E-state index in [2.05, 4.69) is 10.1 Å². The fourth-order valence-corrected chi connectivity index (χ4v) is 2.29. The third-order valence-electron chi connectivity index (χ3n) is 3.38. The second-order valence-electron chi connectivity index (χ2n) is 5.10. The summed E-state index contributed by atoms with van der Waals surface area (Å²) in [6, 6.07) is -1.21. The molecule has 128 valence electrons. The lowest BCUT2D eigenvalue weighted by atomic mass is 9.88. The molecule has 0 aliphatic carbocycles. The van der Waals surface area contributed by atoms with Gasteiger partial charge < -0.3 is 40.3 Å². The lowest BCUT2D eigenvalue weighted by molar-refractivity contribution is -0.296. The van der Waals surface area contributed by atoms with Crippen molar-refractivity contribution in [1.29, 1.82) is 0 Å². The first kappa shape index (κ1) is 18.7. The van der Waals surface area contributed by atoms with Gasteiger partial charge in [-0.05, 0) is 0 Å². The van der Waals surface area contributed by atoms with Gasteiger partial charge in [-0.25, -0.2) is 4.79 Å². The van der Waals surface area contributed by atoms with Gasteiger partial charge in [0.25, 0.3) is 5.79 Å². The molecule has 1 saturated heterocycles. The van der Waals surface area contributed by atoms with E-state index in [-0.39, 0.29) is 0 Å². The quantitative estimate of drug-likeness (QED) is 0.278. The third kappa shape index (κ3) is 3.91. The number of ether oxygens (including phenoxy) is 2. The van der Waals surface area contributed by atoms with Crippen LogP contribution in [0.3, 0.4) is 0 Å². The first-order valence-electron chi connectivity index (χ1n) is 6.57. The highest BCUT2D eigenvalue weighted by Gasteiger charge is 2.54. The summed E-state index contributed by atoms with van der Waals surface area (Å²) in [7, 11) is 0.990. The molecule has 1 rings (SSSR count). The maximum absolute atomic E-state index is 11.6. The van der Waals surface area contributed by atoms with E-state index in [1.165, 1.54) is 0 Å². The summed E-state index contributed by atoms with van der Waals surface area (Å²) in [5.74, 6) is -4.32. The molecule has 10 heteroatoms. The maximum atomic E-state index is 11.6. The van der Waals surface area contributed by atoms with Crippen LogP contribution in [0.4, 0.5) is 0 Å². The fraction of sp³-hybridized carbons (Fsp3) is 0.833. The predicted molar refractivity (Wildman–Crippen MR) is 69.2 cm³/mol. The number of hydrogen-bond donors (Lipinski definition) is 6. The molecule has 0 bridgehead atoms. The van der Waals surface area contributed by atoms with Gasteiger partial charge >= 0.3 is 5.97 Å². The van der Waals surface area contributed by atoms with Crippen LogP contribution in [0.1, 0.15) is 13.3 Å². The zero-order valence-corrected chi connectivity index (χ0v) is 12.2. The Morgan fingerprint density at radius 3 is 2.50 bits per heavy atom. The van der Waals surface area contributed by atoms with Crippen molar-refractivity contribution in [1.82, 2.24) is 5.32 Å². The molecular formula is C12H21NO9. The zero-order valence-electron chi connectivity index (χ0n) is 12.2.